The Kier molecular flexibility index (Phi) is 5.93. The van der Waals surface area contributed by atoms with Crippen molar-refractivity contribution in [2.45, 2.75) is 63.3 Å². The van der Waals surface area contributed by atoms with E-state index in [1.165, 1.54) is 17.7 Å². The molecule has 3 aliphatic rings. The third-order valence-corrected chi connectivity index (χ3v) is 5.35. The number of carbonyl (C=O) groups excluding carboxylic acids is 3. The van der Waals surface area contributed by atoms with Gasteiger partial charge in [-0.2, -0.15) is 0 Å². The smallest absolute Gasteiger partial charge is 0.325 e. The van der Waals surface area contributed by atoms with Crippen molar-refractivity contribution < 1.29 is 19.1 Å². The first kappa shape index (κ1) is 18.2. The fourth-order valence-corrected chi connectivity index (χ4v) is 3.61. The van der Waals surface area contributed by atoms with Gasteiger partial charge in [0.1, 0.15) is 5.54 Å². The molecule has 2 aliphatic carbocycles. The summed E-state index contributed by atoms with van der Waals surface area (Å²) in [5.41, 5.74) is -0.704. The Morgan fingerprint density at radius 2 is 2.00 bits per heavy atom. The van der Waals surface area contributed by atoms with E-state index in [4.69, 9.17) is 4.74 Å². The van der Waals surface area contributed by atoms with Gasteiger partial charge in [0.15, 0.2) is 0 Å². The predicted octanol–water partition coefficient (Wildman–Crippen LogP) is 1.56. The van der Waals surface area contributed by atoms with E-state index in [1.807, 2.05) is 0 Å². The van der Waals surface area contributed by atoms with Gasteiger partial charge in [-0.15, -0.1) is 0 Å². The Labute approximate surface area is 148 Å². The van der Waals surface area contributed by atoms with E-state index in [1.54, 1.807) is 0 Å². The average molecular weight is 351 g/mol. The molecule has 0 bridgehead atoms. The molecule has 7 nitrogen and oxygen atoms in total. The number of hydrogen-bond acceptors (Lipinski definition) is 4. The molecule has 0 aromatic rings. The monoisotopic (exact) mass is 351 g/mol. The fraction of sp³-hybridized carbons (Fsp3) is 0.833. The zero-order chi connectivity index (χ0) is 17.7. The molecule has 0 radical (unpaired) electrons. The maximum absolute atomic E-state index is 12.6. The quantitative estimate of drug-likeness (QED) is 0.487. The van der Waals surface area contributed by atoms with Gasteiger partial charge in [0.2, 0.25) is 5.91 Å². The van der Waals surface area contributed by atoms with Crippen molar-refractivity contribution in [3.63, 3.8) is 0 Å². The number of carbonyl (C=O) groups is 3. The SMILES string of the molecule is O=C(CCN1C(=O)NC2(CCCCC2)C1=O)NCCCOCC1CC1. The summed E-state index contributed by atoms with van der Waals surface area (Å²) in [6, 6.07) is -0.354. The van der Waals surface area contributed by atoms with Gasteiger partial charge < -0.3 is 15.4 Å². The van der Waals surface area contributed by atoms with Crippen molar-refractivity contribution in [3.05, 3.63) is 0 Å². The van der Waals surface area contributed by atoms with Crippen LogP contribution in [0.2, 0.25) is 0 Å². The molecular formula is C18H29N3O4. The number of nitrogens with zero attached hydrogens (tertiary/aromatic N) is 1. The average Bonchev–Trinajstić information content (AvgIpc) is 3.39. The van der Waals surface area contributed by atoms with E-state index in [0.29, 0.717) is 26.0 Å². The van der Waals surface area contributed by atoms with Gasteiger partial charge in [-0.05, 0) is 38.0 Å². The van der Waals surface area contributed by atoms with Gasteiger partial charge in [0.05, 0.1) is 0 Å². The zero-order valence-corrected chi connectivity index (χ0v) is 14.8. The molecule has 2 saturated carbocycles. The Balaban J connectivity index is 1.32. The molecule has 0 aromatic heterocycles. The molecular weight excluding hydrogens is 322 g/mol. The molecule has 0 aromatic carbocycles. The van der Waals surface area contributed by atoms with E-state index in [9.17, 15) is 14.4 Å². The van der Waals surface area contributed by atoms with Crippen molar-refractivity contribution in [2.75, 3.05) is 26.3 Å². The third-order valence-electron chi connectivity index (χ3n) is 5.35. The predicted molar refractivity (Wildman–Crippen MR) is 91.8 cm³/mol. The van der Waals surface area contributed by atoms with E-state index in [2.05, 4.69) is 10.6 Å². The van der Waals surface area contributed by atoms with Gasteiger partial charge in [-0.1, -0.05) is 19.3 Å². The lowest BCUT2D eigenvalue weighted by Gasteiger charge is -2.30. The number of imide groups is 1. The van der Waals surface area contributed by atoms with Gasteiger partial charge in [0.25, 0.3) is 5.91 Å². The molecule has 0 atom stereocenters. The van der Waals surface area contributed by atoms with Crippen LogP contribution in [0.4, 0.5) is 4.79 Å². The summed E-state index contributed by atoms with van der Waals surface area (Å²) in [7, 11) is 0. The van der Waals surface area contributed by atoms with E-state index in [0.717, 1.165) is 38.2 Å². The highest BCUT2D eigenvalue weighted by Gasteiger charge is 2.50. The summed E-state index contributed by atoms with van der Waals surface area (Å²) in [6.45, 7) is 2.21. The maximum atomic E-state index is 12.6. The van der Waals surface area contributed by atoms with Crippen LogP contribution in [0.1, 0.15) is 57.8 Å². The molecule has 3 fully saturated rings. The minimum atomic E-state index is -0.704. The minimum absolute atomic E-state index is 0.132. The number of rotatable bonds is 9. The topological polar surface area (TPSA) is 87.7 Å². The Morgan fingerprint density at radius 3 is 2.72 bits per heavy atom. The molecule has 1 saturated heterocycles. The van der Waals surface area contributed by atoms with Crippen molar-refractivity contribution in [3.8, 4) is 0 Å². The van der Waals surface area contributed by atoms with Crippen LogP contribution in [-0.2, 0) is 14.3 Å². The number of hydrogen-bond donors (Lipinski definition) is 2. The van der Waals surface area contributed by atoms with Crippen LogP contribution in [0.3, 0.4) is 0 Å². The normalized spacial score (nSPS) is 22.3. The molecule has 3 rings (SSSR count). The van der Waals surface area contributed by atoms with Crippen molar-refractivity contribution in [1.82, 2.24) is 15.5 Å². The van der Waals surface area contributed by atoms with Crippen molar-refractivity contribution in [2.24, 2.45) is 5.92 Å². The van der Waals surface area contributed by atoms with Crippen molar-refractivity contribution >= 4 is 17.8 Å². The molecule has 1 heterocycles. The van der Waals surface area contributed by atoms with Crippen LogP contribution in [-0.4, -0.2) is 54.6 Å². The summed E-state index contributed by atoms with van der Waals surface area (Å²) in [6.07, 6.45) is 7.94. The van der Waals surface area contributed by atoms with E-state index in [-0.39, 0.29) is 30.8 Å². The van der Waals surface area contributed by atoms with Gasteiger partial charge >= 0.3 is 6.03 Å². The van der Waals surface area contributed by atoms with Gasteiger partial charge in [-0.25, -0.2) is 4.79 Å². The lowest BCUT2D eigenvalue weighted by atomic mass is 9.82. The molecule has 1 spiro atoms. The standard InChI is InChI=1S/C18H29N3O4/c22-15(19-10-4-12-25-13-14-5-6-14)7-11-21-16(23)18(20-17(21)24)8-2-1-3-9-18/h14H,1-13H2,(H,19,22)(H,20,24). The first-order valence-corrected chi connectivity index (χ1v) is 9.59. The summed E-state index contributed by atoms with van der Waals surface area (Å²) in [5.74, 6) is 0.469. The lowest BCUT2D eigenvalue weighted by Crippen LogP contribution is -2.48. The van der Waals surface area contributed by atoms with Crippen LogP contribution < -0.4 is 10.6 Å². The first-order valence-electron chi connectivity index (χ1n) is 9.59. The van der Waals surface area contributed by atoms with Crippen LogP contribution >= 0.6 is 0 Å². The molecule has 0 unspecified atom stereocenters. The van der Waals surface area contributed by atoms with E-state index >= 15 is 0 Å². The van der Waals surface area contributed by atoms with Crippen LogP contribution in [0, 0.1) is 5.92 Å². The third kappa shape index (κ3) is 4.71. The molecule has 2 N–H and O–H groups in total. The number of urea groups is 1. The summed E-state index contributed by atoms with van der Waals surface area (Å²) >= 11 is 0. The number of ether oxygens (including phenoxy) is 1. The number of nitrogens with one attached hydrogen (secondary N) is 2. The fourth-order valence-electron chi connectivity index (χ4n) is 3.61. The van der Waals surface area contributed by atoms with Gasteiger partial charge in [0, 0.05) is 32.7 Å². The second-order valence-electron chi connectivity index (χ2n) is 7.50. The summed E-state index contributed by atoms with van der Waals surface area (Å²) in [4.78, 5) is 37.8. The number of amides is 4. The Morgan fingerprint density at radius 1 is 1.24 bits per heavy atom. The van der Waals surface area contributed by atoms with Crippen molar-refractivity contribution in [1.29, 1.82) is 0 Å². The molecule has 1 aliphatic heterocycles. The second-order valence-corrected chi connectivity index (χ2v) is 7.50. The summed E-state index contributed by atoms with van der Waals surface area (Å²) < 4.78 is 5.52. The highest BCUT2D eigenvalue weighted by molar-refractivity contribution is 6.07. The summed E-state index contributed by atoms with van der Waals surface area (Å²) in [5, 5.41) is 5.68. The highest BCUT2D eigenvalue weighted by Crippen LogP contribution is 2.33. The largest absolute Gasteiger partial charge is 0.381 e. The van der Waals surface area contributed by atoms with Crippen LogP contribution in [0.25, 0.3) is 0 Å². The van der Waals surface area contributed by atoms with Crippen LogP contribution in [0.5, 0.6) is 0 Å². The second kappa shape index (κ2) is 8.17. The van der Waals surface area contributed by atoms with Gasteiger partial charge in [-0.3, -0.25) is 14.5 Å². The molecule has 7 heteroatoms. The van der Waals surface area contributed by atoms with E-state index < -0.39 is 5.54 Å². The highest BCUT2D eigenvalue weighted by atomic mass is 16.5. The lowest BCUT2D eigenvalue weighted by molar-refractivity contribution is -0.132. The van der Waals surface area contributed by atoms with Crippen LogP contribution in [0.15, 0.2) is 0 Å². The zero-order valence-electron chi connectivity index (χ0n) is 14.8. The maximum Gasteiger partial charge on any atom is 0.325 e. The minimum Gasteiger partial charge on any atom is -0.381 e. The molecule has 4 amide bonds. The molecule has 140 valence electrons. The Hall–Kier alpha value is -1.63. The molecule has 25 heavy (non-hydrogen) atoms. The first-order chi connectivity index (χ1) is 12.1. The Bertz CT molecular complexity index is 512.